The highest BCUT2D eigenvalue weighted by molar-refractivity contribution is 7.92. The van der Waals surface area contributed by atoms with Crippen LogP contribution in [-0.4, -0.2) is 31.5 Å². The van der Waals surface area contributed by atoms with Crippen LogP contribution in [0.4, 0.5) is 35.1 Å². The summed E-state index contributed by atoms with van der Waals surface area (Å²) in [5.41, 5.74) is -6.50. The van der Waals surface area contributed by atoms with E-state index in [0.717, 1.165) is 36.4 Å². The molecule has 1 aromatic heterocycles. The molecule has 1 fully saturated rings. The summed E-state index contributed by atoms with van der Waals surface area (Å²) in [7, 11) is -4.41. The number of sulfone groups is 1. The van der Waals surface area contributed by atoms with Crippen molar-refractivity contribution in [3.63, 3.8) is 0 Å². The zero-order chi connectivity index (χ0) is 31.1. The summed E-state index contributed by atoms with van der Waals surface area (Å²) in [5.74, 6) is -1.18. The number of carbonyl (C=O) groups excluding carboxylic acids is 1. The number of hydrogen-bond acceptors (Lipinski definition) is 4. The van der Waals surface area contributed by atoms with E-state index in [9.17, 15) is 48.3 Å². The topological polar surface area (TPSA) is 64.1 Å². The molecule has 3 aromatic rings. The highest BCUT2D eigenvalue weighted by atomic mass is 32.2. The molecule has 0 bridgehead atoms. The maximum atomic E-state index is 14.6. The second-order valence-corrected chi connectivity index (χ2v) is 12.7. The first-order chi connectivity index (χ1) is 19.4. The van der Waals surface area contributed by atoms with E-state index < -0.39 is 44.0 Å². The first-order valence-electron chi connectivity index (χ1n) is 12.8. The summed E-state index contributed by atoms with van der Waals surface area (Å²) in [6.07, 6.45) is -11.0. The highest BCUT2D eigenvalue weighted by Crippen LogP contribution is 2.54. The van der Waals surface area contributed by atoms with Crippen LogP contribution < -0.4 is 0 Å². The quantitative estimate of drug-likeness (QED) is 0.153. The van der Waals surface area contributed by atoms with E-state index in [1.165, 1.54) is 6.20 Å². The third-order valence-corrected chi connectivity index (χ3v) is 10.4. The molecule has 0 radical (unpaired) electrons. The molecule has 0 amide bonds. The monoisotopic (exact) mass is 619 g/mol. The molecule has 13 heteroatoms. The Morgan fingerprint density at radius 3 is 1.93 bits per heavy atom. The minimum atomic E-state index is -6.33. The summed E-state index contributed by atoms with van der Waals surface area (Å²) in [6, 6.07) is 9.12. The van der Waals surface area contributed by atoms with Crippen LogP contribution in [0.1, 0.15) is 59.3 Å². The number of carbonyl (C=O) groups is 1. The number of rotatable bonds is 7. The lowest BCUT2D eigenvalue weighted by Crippen LogP contribution is -2.50. The Labute approximate surface area is 236 Å². The smallest absolute Gasteiger partial charge is 0.294 e. The van der Waals surface area contributed by atoms with Crippen molar-refractivity contribution in [1.29, 1.82) is 0 Å². The number of halogens is 8. The van der Waals surface area contributed by atoms with Crippen molar-refractivity contribution in [3.05, 3.63) is 95.1 Å². The number of benzene rings is 2. The van der Waals surface area contributed by atoms with Gasteiger partial charge in [-0.25, -0.2) is 17.2 Å². The Bertz CT molecular complexity index is 1530. The molecule has 226 valence electrons. The SMILES string of the molecule is Cc1cc(C(=O)CC2CCC(c3ccc(C(F)(C(F)(F)F)C(F)(F)F)cc3)(S(=O)(=O)c3ccc(F)cc3)CC2)ccn1. The lowest BCUT2D eigenvalue weighted by Gasteiger charge is -2.40. The molecule has 0 saturated heterocycles. The molecule has 0 aliphatic heterocycles. The average Bonchev–Trinajstić information content (AvgIpc) is 2.92. The molecule has 0 unspecified atom stereocenters. The number of alkyl halides is 7. The van der Waals surface area contributed by atoms with Gasteiger partial charge in [0.15, 0.2) is 15.6 Å². The molecular weight excluding hydrogens is 594 g/mol. The van der Waals surface area contributed by atoms with Crippen LogP contribution in [-0.2, 0) is 20.3 Å². The van der Waals surface area contributed by atoms with Gasteiger partial charge in [0.1, 0.15) is 10.6 Å². The minimum Gasteiger partial charge on any atom is -0.294 e. The van der Waals surface area contributed by atoms with Crippen LogP contribution in [0.3, 0.4) is 0 Å². The van der Waals surface area contributed by atoms with Gasteiger partial charge in [-0.15, -0.1) is 0 Å². The second-order valence-electron chi connectivity index (χ2n) is 10.4. The summed E-state index contributed by atoms with van der Waals surface area (Å²) < 4.78 is 134. The van der Waals surface area contributed by atoms with Crippen LogP contribution >= 0.6 is 0 Å². The van der Waals surface area contributed by atoms with Crippen molar-refractivity contribution >= 4 is 15.6 Å². The third kappa shape index (κ3) is 5.55. The lowest BCUT2D eigenvalue weighted by molar-refractivity contribution is -0.348. The van der Waals surface area contributed by atoms with Gasteiger partial charge in [0.2, 0.25) is 0 Å². The van der Waals surface area contributed by atoms with E-state index >= 15 is 0 Å². The predicted octanol–water partition coefficient (Wildman–Crippen LogP) is 7.95. The first-order valence-corrected chi connectivity index (χ1v) is 14.3. The zero-order valence-electron chi connectivity index (χ0n) is 22.1. The Balaban J connectivity index is 1.72. The van der Waals surface area contributed by atoms with E-state index in [-0.39, 0.29) is 54.3 Å². The number of nitrogens with zero attached hydrogens (tertiary/aromatic N) is 1. The number of aryl methyl sites for hydroxylation is 1. The number of hydrogen-bond donors (Lipinski definition) is 0. The predicted molar refractivity (Wildman–Crippen MR) is 136 cm³/mol. The Morgan fingerprint density at radius 1 is 0.881 bits per heavy atom. The number of aromatic nitrogens is 1. The summed E-state index contributed by atoms with van der Waals surface area (Å²) in [4.78, 5) is 16.6. The summed E-state index contributed by atoms with van der Waals surface area (Å²) in [5, 5.41) is 0. The maximum absolute atomic E-state index is 14.6. The van der Waals surface area contributed by atoms with Gasteiger partial charge in [0.05, 0.1) is 4.90 Å². The van der Waals surface area contributed by atoms with E-state index in [1.807, 2.05) is 0 Å². The number of pyridine rings is 1. The molecule has 4 rings (SSSR count). The van der Waals surface area contributed by atoms with Crippen molar-refractivity contribution in [3.8, 4) is 0 Å². The molecule has 1 aliphatic rings. The van der Waals surface area contributed by atoms with Crippen molar-refractivity contribution in [2.45, 2.75) is 66.7 Å². The molecular formula is C29H25F8NO3S. The Morgan fingerprint density at radius 2 is 1.43 bits per heavy atom. The van der Waals surface area contributed by atoms with Crippen molar-refractivity contribution in [2.75, 3.05) is 0 Å². The van der Waals surface area contributed by atoms with Gasteiger partial charge in [-0.3, -0.25) is 9.78 Å². The standard InChI is InChI=1S/C29H25F8NO3S/c1-18-16-20(12-15-38-18)25(39)17-19-10-13-26(14-11-19,42(40,41)24-8-6-23(30)7-9-24)21-2-4-22(5-3-21)27(31,28(32,33)34)29(35,36)37/h2-9,12,15-16,19H,10-11,13-14,17H2,1H3. The maximum Gasteiger partial charge on any atom is 0.435 e. The van der Waals surface area contributed by atoms with Gasteiger partial charge in [-0.1, -0.05) is 24.3 Å². The van der Waals surface area contributed by atoms with Crippen molar-refractivity contribution < 1.29 is 48.3 Å². The minimum absolute atomic E-state index is 0.0800. The molecule has 1 aliphatic carbocycles. The zero-order valence-corrected chi connectivity index (χ0v) is 22.9. The van der Waals surface area contributed by atoms with Gasteiger partial charge in [0, 0.05) is 29.4 Å². The van der Waals surface area contributed by atoms with Crippen molar-refractivity contribution in [2.24, 2.45) is 5.92 Å². The molecule has 42 heavy (non-hydrogen) atoms. The molecule has 2 aromatic carbocycles. The molecule has 0 spiro atoms. The summed E-state index contributed by atoms with van der Waals surface area (Å²) >= 11 is 0. The fourth-order valence-corrected chi connectivity index (χ4v) is 7.66. The summed E-state index contributed by atoms with van der Waals surface area (Å²) in [6.45, 7) is 1.72. The molecule has 1 heterocycles. The Kier molecular flexibility index (Phi) is 8.31. The largest absolute Gasteiger partial charge is 0.435 e. The average molecular weight is 620 g/mol. The molecule has 0 atom stereocenters. The van der Waals surface area contributed by atoms with Crippen LogP contribution in [0.5, 0.6) is 0 Å². The fraction of sp³-hybridized carbons (Fsp3) is 0.379. The highest BCUT2D eigenvalue weighted by Gasteiger charge is 2.73. The van der Waals surface area contributed by atoms with Gasteiger partial charge in [0.25, 0.3) is 0 Å². The van der Waals surface area contributed by atoms with Gasteiger partial charge in [-0.2, -0.15) is 26.3 Å². The third-order valence-electron chi connectivity index (χ3n) is 7.83. The van der Waals surface area contributed by atoms with Crippen LogP contribution in [0.15, 0.2) is 71.8 Å². The van der Waals surface area contributed by atoms with E-state index in [1.54, 1.807) is 19.1 Å². The van der Waals surface area contributed by atoms with Crippen LogP contribution in [0.2, 0.25) is 0 Å². The van der Waals surface area contributed by atoms with Gasteiger partial charge < -0.3 is 0 Å². The number of Topliss-reactive ketones (excluding diaryl/α,β-unsaturated/α-hetero) is 1. The second kappa shape index (κ2) is 11.1. The molecule has 4 nitrogen and oxygen atoms in total. The van der Waals surface area contributed by atoms with E-state index in [0.29, 0.717) is 23.4 Å². The van der Waals surface area contributed by atoms with Crippen LogP contribution in [0.25, 0.3) is 0 Å². The van der Waals surface area contributed by atoms with E-state index in [4.69, 9.17) is 0 Å². The number of ketones is 1. The van der Waals surface area contributed by atoms with E-state index in [2.05, 4.69) is 4.98 Å². The van der Waals surface area contributed by atoms with Crippen molar-refractivity contribution in [1.82, 2.24) is 4.98 Å². The van der Waals surface area contributed by atoms with Gasteiger partial charge >= 0.3 is 18.0 Å². The van der Waals surface area contributed by atoms with Crippen LogP contribution in [0, 0.1) is 18.7 Å². The fourth-order valence-electron chi connectivity index (χ4n) is 5.49. The lowest BCUT2D eigenvalue weighted by atomic mass is 9.75. The molecule has 0 N–H and O–H groups in total. The Hall–Kier alpha value is -3.35. The first kappa shape index (κ1) is 31.6. The van der Waals surface area contributed by atoms with Gasteiger partial charge in [-0.05, 0) is 80.5 Å². The normalized spacial score (nSPS) is 20.4. The molecule has 1 saturated carbocycles.